The molecule has 31 heavy (non-hydrogen) atoms. The van der Waals surface area contributed by atoms with Crippen molar-refractivity contribution in [1.29, 1.82) is 0 Å². The summed E-state index contributed by atoms with van der Waals surface area (Å²) in [6.45, 7) is 19.5. The summed E-state index contributed by atoms with van der Waals surface area (Å²) in [5.74, 6) is -3.19. The van der Waals surface area contributed by atoms with Gasteiger partial charge in [-0.05, 0) is 22.8 Å². The van der Waals surface area contributed by atoms with Gasteiger partial charge in [0.15, 0.2) is 0 Å². The molecule has 0 saturated carbocycles. The van der Waals surface area contributed by atoms with E-state index in [1.54, 1.807) is 4.90 Å². The van der Waals surface area contributed by atoms with Crippen molar-refractivity contribution < 1.29 is 18.7 Å². The SMILES string of the molecule is CC(C)(C)C1=NC(C(C)(C)C)C(C(C)(C)C)=C2C(N3CC(F)(F)CC3C(=O)O)CCN12. The standard InChI is InChI=1S/C24H39F2N3O2/c1-21(2,3)16-17-14(29-13-24(25,26)12-15(29)19(30)31)10-11-28(17)20(23(7,8)9)27-18(16)22(4,5)6/h14-15,18H,10-13H2,1-9H3,(H,30,31). The van der Waals surface area contributed by atoms with Gasteiger partial charge in [-0.25, -0.2) is 8.78 Å². The van der Waals surface area contributed by atoms with Gasteiger partial charge in [-0.3, -0.25) is 14.7 Å². The fourth-order valence-electron chi connectivity index (χ4n) is 5.37. The Balaban J connectivity index is 2.22. The number of carboxylic acid groups (broad SMARTS) is 1. The molecule has 0 aliphatic carbocycles. The lowest BCUT2D eigenvalue weighted by Gasteiger charge is -2.47. The van der Waals surface area contributed by atoms with Gasteiger partial charge in [0.1, 0.15) is 11.9 Å². The summed E-state index contributed by atoms with van der Waals surface area (Å²) in [5, 5.41) is 9.73. The van der Waals surface area contributed by atoms with Gasteiger partial charge in [-0.15, -0.1) is 0 Å². The fraction of sp³-hybridized carbons (Fsp3) is 0.833. The first-order chi connectivity index (χ1) is 13.8. The zero-order chi connectivity index (χ0) is 23.7. The number of fused-ring (bicyclic) bond motifs is 1. The number of likely N-dealkylation sites (tertiary alicyclic amines) is 1. The highest BCUT2D eigenvalue weighted by atomic mass is 19.3. The summed E-state index contributed by atoms with van der Waals surface area (Å²) in [5.41, 5.74) is 1.55. The molecule has 1 N–H and O–H groups in total. The first kappa shape index (κ1) is 24.1. The lowest BCUT2D eigenvalue weighted by molar-refractivity contribution is -0.142. The summed E-state index contributed by atoms with van der Waals surface area (Å²) in [7, 11) is 0. The van der Waals surface area contributed by atoms with Crippen LogP contribution in [0.3, 0.4) is 0 Å². The maximum absolute atomic E-state index is 14.4. The van der Waals surface area contributed by atoms with Gasteiger partial charge in [0.25, 0.3) is 5.92 Å². The van der Waals surface area contributed by atoms with E-state index in [-0.39, 0.29) is 28.3 Å². The van der Waals surface area contributed by atoms with E-state index in [0.29, 0.717) is 13.0 Å². The van der Waals surface area contributed by atoms with Crippen LogP contribution in [0.1, 0.15) is 75.2 Å². The number of hydrogen-bond acceptors (Lipinski definition) is 4. The molecular formula is C24H39F2N3O2. The zero-order valence-corrected chi connectivity index (χ0v) is 20.5. The fourth-order valence-corrected chi connectivity index (χ4v) is 5.37. The molecule has 5 nitrogen and oxygen atoms in total. The molecule has 3 aliphatic heterocycles. The molecule has 7 heteroatoms. The minimum atomic E-state index is -2.99. The molecule has 2 saturated heterocycles. The van der Waals surface area contributed by atoms with Crippen molar-refractivity contribution in [2.45, 2.75) is 99.2 Å². The lowest BCUT2D eigenvalue weighted by atomic mass is 9.70. The summed E-state index contributed by atoms with van der Waals surface area (Å²) < 4.78 is 28.8. The van der Waals surface area contributed by atoms with E-state index in [9.17, 15) is 18.7 Å². The number of aliphatic imine (C=N–C) groups is 1. The monoisotopic (exact) mass is 439 g/mol. The maximum atomic E-state index is 14.4. The van der Waals surface area contributed by atoms with Crippen molar-refractivity contribution >= 4 is 11.8 Å². The maximum Gasteiger partial charge on any atom is 0.321 e. The van der Waals surface area contributed by atoms with E-state index in [1.165, 1.54) is 0 Å². The molecule has 3 aliphatic rings. The van der Waals surface area contributed by atoms with Crippen molar-refractivity contribution in [3.8, 4) is 0 Å². The number of hydrogen-bond donors (Lipinski definition) is 1. The van der Waals surface area contributed by atoms with E-state index in [1.807, 2.05) is 0 Å². The van der Waals surface area contributed by atoms with E-state index >= 15 is 0 Å². The number of amidine groups is 1. The van der Waals surface area contributed by atoms with Gasteiger partial charge in [-0.2, -0.15) is 0 Å². The third-order valence-corrected chi connectivity index (χ3v) is 6.58. The zero-order valence-electron chi connectivity index (χ0n) is 20.5. The molecule has 0 spiro atoms. The second-order valence-electron chi connectivity index (χ2n) is 12.6. The summed E-state index contributed by atoms with van der Waals surface area (Å²) in [6, 6.07) is -1.61. The van der Waals surface area contributed by atoms with Crippen LogP contribution in [0.2, 0.25) is 0 Å². The number of alkyl halides is 2. The van der Waals surface area contributed by atoms with Gasteiger partial charge >= 0.3 is 5.97 Å². The van der Waals surface area contributed by atoms with E-state index in [2.05, 4.69) is 67.2 Å². The first-order valence-electron chi connectivity index (χ1n) is 11.3. The predicted molar refractivity (Wildman–Crippen MR) is 119 cm³/mol. The van der Waals surface area contributed by atoms with Crippen molar-refractivity contribution in [1.82, 2.24) is 9.80 Å². The van der Waals surface area contributed by atoms with E-state index < -0.39 is 30.9 Å². The second-order valence-corrected chi connectivity index (χ2v) is 12.6. The first-order valence-corrected chi connectivity index (χ1v) is 11.3. The van der Waals surface area contributed by atoms with Crippen molar-refractivity contribution in [2.24, 2.45) is 21.2 Å². The largest absolute Gasteiger partial charge is 0.480 e. The predicted octanol–water partition coefficient (Wildman–Crippen LogP) is 5.03. The van der Waals surface area contributed by atoms with Crippen molar-refractivity contribution in [3.63, 3.8) is 0 Å². The van der Waals surface area contributed by atoms with Gasteiger partial charge in [0, 0.05) is 24.1 Å². The highest BCUT2D eigenvalue weighted by molar-refractivity contribution is 5.91. The average Bonchev–Trinajstić information content (AvgIpc) is 3.10. The molecule has 0 amide bonds. The molecule has 0 aromatic heterocycles. The molecule has 0 bridgehead atoms. The van der Waals surface area contributed by atoms with Gasteiger partial charge in [0.2, 0.25) is 0 Å². The average molecular weight is 440 g/mol. The summed E-state index contributed by atoms with van der Waals surface area (Å²) in [6.07, 6.45) is 0.000612. The van der Waals surface area contributed by atoms with Gasteiger partial charge in [-0.1, -0.05) is 62.3 Å². The minimum Gasteiger partial charge on any atom is -0.480 e. The Labute approximate surface area is 185 Å². The molecular weight excluding hydrogens is 400 g/mol. The third-order valence-electron chi connectivity index (χ3n) is 6.58. The second kappa shape index (κ2) is 7.26. The van der Waals surface area contributed by atoms with Crippen LogP contribution >= 0.6 is 0 Å². The van der Waals surface area contributed by atoms with E-state index in [4.69, 9.17) is 4.99 Å². The van der Waals surface area contributed by atoms with Crippen LogP contribution in [0.5, 0.6) is 0 Å². The quantitative estimate of drug-likeness (QED) is 0.656. The van der Waals surface area contributed by atoms with Crippen LogP contribution in [0.15, 0.2) is 16.3 Å². The topological polar surface area (TPSA) is 56.1 Å². The molecule has 0 radical (unpaired) electrons. The molecule has 3 atom stereocenters. The number of carboxylic acids is 1. The van der Waals surface area contributed by atoms with Gasteiger partial charge in [0.05, 0.1) is 18.6 Å². The molecule has 2 fully saturated rings. The Kier molecular flexibility index (Phi) is 5.65. The lowest BCUT2D eigenvalue weighted by Crippen LogP contribution is -2.51. The smallest absolute Gasteiger partial charge is 0.321 e. The number of carbonyl (C=O) groups is 1. The van der Waals surface area contributed by atoms with Crippen LogP contribution in [-0.4, -0.2) is 63.8 Å². The third kappa shape index (κ3) is 4.39. The Hall–Kier alpha value is -1.50. The van der Waals surface area contributed by atoms with Crippen molar-refractivity contribution in [2.75, 3.05) is 13.1 Å². The van der Waals surface area contributed by atoms with Gasteiger partial charge < -0.3 is 10.0 Å². The Morgan fingerprint density at radius 1 is 1.06 bits per heavy atom. The number of nitrogens with zero attached hydrogens (tertiary/aromatic N) is 3. The number of aliphatic carboxylic acids is 1. The highest BCUT2D eigenvalue weighted by Gasteiger charge is 2.55. The summed E-state index contributed by atoms with van der Waals surface area (Å²) >= 11 is 0. The van der Waals surface area contributed by atoms with Crippen molar-refractivity contribution in [3.05, 3.63) is 11.3 Å². The molecule has 0 aromatic carbocycles. The normalized spacial score (nSPS) is 30.0. The molecule has 3 rings (SSSR count). The Bertz CT molecular complexity index is 812. The molecule has 0 aromatic rings. The Morgan fingerprint density at radius 2 is 1.65 bits per heavy atom. The van der Waals surface area contributed by atoms with Crippen LogP contribution in [0, 0.1) is 16.2 Å². The molecule has 3 heterocycles. The highest BCUT2D eigenvalue weighted by Crippen LogP contribution is 2.49. The molecule has 3 unspecified atom stereocenters. The van der Waals surface area contributed by atoms with Crippen LogP contribution in [0.4, 0.5) is 8.78 Å². The van der Waals surface area contributed by atoms with Crippen LogP contribution < -0.4 is 0 Å². The number of rotatable bonds is 2. The van der Waals surface area contributed by atoms with Crippen LogP contribution in [-0.2, 0) is 4.79 Å². The van der Waals surface area contributed by atoms with E-state index in [0.717, 1.165) is 17.1 Å². The summed E-state index contributed by atoms with van der Waals surface area (Å²) in [4.78, 5) is 20.9. The van der Waals surface area contributed by atoms with Crippen LogP contribution in [0.25, 0.3) is 0 Å². The number of halogens is 2. The molecule has 176 valence electrons. The minimum absolute atomic E-state index is 0.0973. The Morgan fingerprint density at radius 3 is 2.10 bits per heavy atom.